The van der Waals surface area contributed by atoms with Crippen LogP contribution in [0.5, 0.6) is 0 Å². The summed E-state index contributed by atoms with van der Waals surface area (Å²) in [6, 6.07) is 11.6. The number of allylic oxidation sites excluding steroid dienone is 1. The van der Waals surface area contributed by atoms with Gasteiger partial charge >= 0.3 is 12.2 Å². The first-order chi connectivity index (χ1) is 16.7. The van der Waals surface area contributed by atoms with E-state index >= 15 is 0 Å². The molecule has 0 spiro atoms. The van der Waals surface area contributed by atoms with Gasteiger partial charge in [0.05, 0.1) is 11.3 Å². The number of amides is 3. The first-order valence-electron chi connectivity index (χ1n) is 11.3. The maximum absolute atomic E-state index is 13.2. The molecule has 35 heavy (non-hydrogen) atoms. The lowest BCUT2D eigenvalue weighted by Gasteiger charge is -2.35. The van der Waals surface area contributed by atoms with E-state index in [2.05, 4.69) is 15.2 Å². The monoisotopic (exact) mass is 485 g/mol. The summed E-state index contributed by atoms with van der Waals surface area (Å²) in [6.45, 7) is 1.79. The van der Waals surface area contributed by atoms with Crippen molar-refractivity contribution in [2.24, 2.45) is 4.99 Å². The van der Waals surface area contributed by atoms with Crippen LogP contribution in [0.15, 0.2) is 65.3 Å². The van der Waals surface area contributed by atoms with Crippen LogP contribution in [0.3, 0.4) is 0 Å². The third kappa shape index (κ3) is 5.64. The highest BCUT2D eigenvalue weighted by Crippen LogP contribution is 2.34. The number of hydrogen-bond acceptors (Lipinski definition) is 4. The van der Waals surface area contributed by atoms with Crippen molar-refractivity contribution in [2.75, 3.05) is 50.0 Å². The fourth-order valence-corrected chi connectivity index (χ4v) is 4.08. The van der Waals surface area contributed by atoms with Crippen LogP contribution in [0.2, 0.25) is 0 Å². The van der Waals surface area contributed by atoms with E-state index in [1.807, 2.05) is 25.3 Å². The van der Waals surface area contributed by atoms with Crippen molar-refractivity contribution in [1.82, 2.24) is 9.80 Å². The summed E-state index contributed by atoms with van der Waals surface area (Å²) in [5.41, 5.74) is 1.46. The highest BCUT2D eigenvalue weighted by Gasteiger charge is 2.34. The molecule has 10 heteroatoms. The molecular formula is C25H26F3N5O2. The van der Waals surface area contributed by atoms with Crippen LogP contribution in [0, 0.1) is 0 Å². The molecule has 2 aromatic rings. The molecule has 2 aromatic carbocycles. The summed E-state index contributed by atoms with van der Waals surface area (Å²) in [5.74, 6) is -0.148. The summed E-state index contributed by atoms with van der Waals surface area (Å²) in [7, 11) is 1.97. The van der Waals surface area contributed by atoms with E-state index in [0.717, 1.165) is 30.4 Å². The van der Waals surface area contributed by atoms with Gasteiger partial charge in [-0.1, -0.05) is 12.1 Å². The predicted octanol–water partition coefficient (Wildman–Crippen LogP) is 4.49. The van der Waals surface area contributed by atoms with Crippen LogP contribution in [0.4, 0.5) is 29.3 Å². The second kappa shape index (κ2) is 10.2. The van der Waals surface area contributed by atoms with Crippen molar-refractivity contribution in [2.45, 2.75) is 12.6 Å². The second-order valence-corrected chi connectivity index (χ2v) is 8.32. The van der Waals surface area contributed by atoms with Crippen molar-refractivity contribution in [3.8, 4) is 0 Å². The van der Waals surface area contributed by atoms with Crippen LogP contribution < -0.4 is 10.2 Å². The molecule has 0 bridgehead atoms. The molecule has 0 saturated carbocycles. The molecule has 1 N–H and O–H groups in total. The number of carbonyl (C=O) groups excluding carboxylic acids is 2. The van der Waals surface area contributed by atoms with E-state index in [9.17, 15) is 22.8 Å². The van der Waals surface area contributed by atoms with Gasteiger partial charge in [0, 0.05) is 69.4 Å². The molecule has 1 fully saturated rings. The highest BCUT2D eigenvalue weighted by molar-refractivity contribution is 5.95. The largest absolute Gasteiger partial charge is 0.418 e. The molecule has 4 rings (SSSR count). The minimum atomic E-state index is -4.57. The molecule has 0 radical (unpaired) electrons. The number of dihydropyridines is 1. The zero-order valence-corrected chi connectivity index (χ0v) is 19.3. The number of nitrogens with zero attached hydrogens (tertiary/aromatic N) is 4. The summed E-state index contributed by atoms with van der Waals surface area (Å²) in [6.07, 6.45) is 0.0520. The summed E-state index contributed by atoms with van der Waals surface area (Å²) >= 11 is 0. The normalized spacial score (nSPS) is 16.1. The molecule has 0 aromatic heterocycles. The maximum atomic E-state index is 13.2. The van der Waals surface area contributed by atoms with Crippen molar-refractivity contribution in [1.29, 1.82) is 0 Å². The summed E-state index contributed by atoms with van der Waals surface area (Å²) < 4.78 is 39.6. The van der Waals surface area contributed by atoms with Gasteiger partial charge in [-0.2, -0.15) is 13.2 Å². The molecule has 1 saturated heterocycles. The number of rotatable bonds is 4. The molecule has 2 aliphatic heterocycles. The van der Waals surface area contributed by atoms with Gasteiger partial charge < -0.3 is 20.0 Å². The van der Waals surface area contributed by atoms with Gasteiger partial charge in [-0.25, -0.2) is 4.79 Å². The number of carbonyl (C=O) groups is 2. The average Bonchev–Trinajstić information content (AvgIpc) is 2.88. The first-order valence-corrected chi connectivity index (χ1v) is 11.3. The van der Waals surface area contributed by atoms with E-state index < -0.39 is 17.8 Å². The Kier molecular flexibility index (Phi) is 7.09. The number of anilines is 2. The molecular weight excluding hydrogens is 459 g/mol. The van der Waals surface area contributed by atoms with E-state index in [-0.39, 0.29) is 24.7 Å². The topological polar surface area (TPSA) is 68.2 Å². The fourth-order valence-electron chi connectivity index (χ4n) is 4.08. The van der Waals surface area contributed by atoms with Crippen LogP contribution in [0.25, 0.3) is 0 Å². The number of hydrogen-bond donors (Lipinski definition) is 1. The minimum absolute atomic E-state index is 0.148. The fraction of sp³-hybridized carbons (Fsp3) is 0.320. The molecule has 3 amide bonds. The maximum Gasteiger partial charge on any atom is 0.418 e. The van der Waals surface area contributed by atoms with Gasteiger partial charge in [0.15, 0.2) is 0 Å². The number of alkyl halides is 3. The van der Waals surface area contributed by atoms with Crippen LogP contribution in [-0.4, -0.2) is 67.7 Å². The lowest BCUT2D eigenvalue weighted by atomic mass is 10.1. The number of urea groups is 1. The lowest BCUT2D eigenvalue weighted by Crippen LogP contribution is -2.51. The number of nitrogens with one attached hydrogen (secondary N) is 1. The van der Waals surface area contributed by atoms with Gasteiger partial charge in [0.25, 0.3) is 5.91 Å². The van der Waals surface area contributed by atoms with Gasteiger partial charge in [-0.05, 0) is 42.5 Å². The van der Waals surface area contributed by atoms with Crippen molar-refractivity contribution in [3.05, 3.63) is 71.4 Å². The zero-order valence-electron chi connectivity index (χ0n) is 19.3. The standard InChI is InChI=1S/C25H26F3N5O2/c1-31(20-10-12-29-13-11-20)19-8-6-18(7-9-19)23(34)32-14-16-33(17-15-32)24(35)30-22-5-3-2-4-21(22)25(26,27)28/h2-10,12H,11,13-17H2,1H3,(H,30,35). The Balaban J connectivity index is 1.33. The Hall–Kier alpha value is -3.82. The van der Waals surface area contributed by atoms with E-state index in [4.69, 9.17) is 0 Å². The molecule has 2 heterocycles. The lowest BCUT2D eigenvalue weighted by molar-refractivity contribution is -0.136. The van der Waals surface area contributed by atoms with Crippen molar-refractivity contribution >= 4 is 29.5 Å². The highest BCUT2D eigenvalue weighted by atomic mass is 19.4. The quantitative estimate of drug-likeness (QED) is 0.694. The van der Waals surface area contributed by atoms with E-state index in [1.165, 1.54) is 23.1 Å². The number of aliphatic imine (C=N–C) groups is 1. The van der Waals surface area contributed by atoms with Gasteiger partial charge in [-0.15, -0.1) is 0 Å². The molecule has 0 unspecified atom stereocenters. The second-order valence-electron chi connectivity index (χ2n) is 8.32. The van der Waals surface area contributed by atoms with Crippen molar-refractivity contribution in [3.63, 3.8) is 0 Å². The van der Waals surface area contributed by atoms with Crippen LogP contribution in [0.1, 0.15) is 22.3 Å². The number of benzene rings is 2. The Morgan fingerprint density at radius 2 is 1.63 bits per heavy atom. The summed E-state index contributed by atoms with van der Waals surface area (Å²) in [4.78, 5) is 34.8. The minimum Gasteiger partial charge on any atom is -0.348 e. The smallest absolute Gasteiger partial charge is 0.348 e. The Morgan fingerprint density at radius 3 is 2.26 bits per heavy atom. The number of piperazine rings is 1. The third-order valence-corrected chi connectivity index (χ3v) is 6.13. The van der Waals surface area contributed by atoms with Crippen molar-refractivity contribution < 1.29 is 22.8 Å². The van der Waals surface area contributed by atoms with Crippen LogP contribution >= 0.6 is 0 Å². The molecule has 0 aliphatic carbocycles. The molecule has 7 nitrogen and oxygen atoms in total. The Bertz CT molecular complexity index is 1140. The Morgan fingerprint density at radius 1 is 0.971 bits per heavy atom. The first kappa shape index (κ1) is 24.3. The van der Waals surface area contributed by atoms with Gasteiger partial charge in [0.2, 0.25) is 0 Å². The molecule has 184 valence electrons. The van der Waals surface area contributed by atoms with Gasteiger partial charge in [0.1, 0.15) is 0 Å². The number of halogens is 3. The number of para-hydroxylation sites is 1. The third-order valence-electron chi connectivity index (χ3n) is 6.13. The SMILES string of the molecule is CN(C1=CC=NCC1)c1ccc(C(=O)N2CCN(C(=O)Nc3ccccc3C(F)(F)F)CC2)cc1. The average molecular weight is 486 g/mol. The van der Waals surface area contributed by atoms with Crippen LogP contribution in [-0.2, 0) is 6.18 Å². The summed E-state index contributed by atoms with van der Waals surface area (Å²) in [5, 5.41) is 2.35. The van der Waals surface area contributed by atoms with E-state index in [1.54, 1.807) is 23.2 Å². The Labute approximate surface area is 201 Å². The predicted molar refractivity (Wildman–Crippen MR) is 129 cm³/mol. The zero-order chi connectivity index (χ0) is 25.0. The molecule has 2 aliphatic rings. The van der Waals surface area contributed by atoms with E-state index in [0.29, 0.717) is 18.7 Å². The van der Waals surface area contributed by atoms with Gasteiger partial charge in [-0.3, -0.25) is 9.79 Å². The molecule has 0 atom stereocenters.